The Bertz CT molecular complexity index is 346. The van der Waals surface area contributed by atoms with Gasteiger partial charge < -0.3 is 10.1 Å². The minimum Gasteiger partial charge on any atom is -0.380 e. The molecule has 0 amide bonds. The maximum Gasteiger partial charge on any atom is 0.127 e. The Morgan fingerprint density at radius 1 is 1.47 bits per heavy atom. The highest BCUT2D eigenvalue weighted by atomic mass is 79.9. The van der Waals surface area contributed by atoms with E-state index in [-0.39, 0.29) is 11.9 Å². The van der Waals surface area contributed by atoms with Crippen LogP contribution in [0.2, 0.25) is 0 Å². The molecule has 1 atom stereocenters. The largest absolute Gasteiger partial charge is 0.380 e. The SMILES string of the molecule is CCCOCC(Cc1ccc(Br)cc1F)NC. The van der Waals surface area contributed by atoms with Crippen LogP contribution in [0.3, 0.4) is 0 Å². The molecular weight excluding hydrogens is 285 g/mol. The molecule has 0 heterocycles. The molecule has 0 saturated carbocycles. The molecule has 0 radical (unpaired) electrons. The van der Waals surface area contributed by atoms with E-state index in [9.17, 15) is 4.39 Å². The Balaban J connectivity index is 2.54. The topological polar surface area (TPSA) is 21.3 Å². The zero-order valence-corrected chi connectivity index (χ0v) is 11.9. The van der Waals surface area contributed by atoms with Crippen LogP contribution in [0.4, 0.5) is 4.39 Å². The van der Waals surface area contributed by atoms with Gasteiger partial charge in [0.1, 0.15) is 5.82 Å². The van der Waals surface area contributed by atoms with Crippen molar-refractivity contribution < 1.29 is 9.13 Å². The first-order chi connectivity index (χ1) is 8.17. The van der Waals surface area contributed by atoms with Gasteiger partial charge in [-0.1, -0.05) is 28.9 Å². The summed E-state index contributed by atoms with van der Waals surface area (Å²) in [7, 11) is 1.87. The van der Waals surface area contributed by atoms with E-state index in [1.807, 2.05) is 19.2 Å². The van der Waals surface area contributed by atoms with Gasteiger partial charge in [0.15, 0.2) is 0 Å². The van der Waals surface area contributed by atoms with E-state index < -0.39 is 0 Å². The quantitative estimate of drug-likeness (QED) is 0.781. The first-order valence-corrected chi connectivity index (χ1v) is 6.65. The summed E-state index contributed by atoms with van der Waals surface area (Å²) in [6.45, 7) is 3.43. The van der Waals surface area contributed by atoms with Crippen molar-refractivity contribution in [3.8, 4) is 0 Å². The van der Waals surface area contributed by atoms with Gasteiger partial charge >= 0.3 is 0 Å². The normalized spacial score (nSPS) is 12.7. The van der Waals surface area contributed by atoms with Gasteiger partial charge in [0.2, 0.25) is 0 Å². The number of rotatable bonds is 7. The highest BCUT2D eigenvalue weighted by Gasteiger charge is 2.11. The van der Waals surface area contributed by atoms with Crippen LogP contribution in [0.5, 0.6) is 0 Å². The van der Waals surface area contributed by atoms with Gasteiger partial charge in [-0.05, 0) is 37.6 Å². The van der Waals surface area contributed by atoms with Crippen LogP contribution in [0.1, 0.15) is 18.9 Å². The lowest BCUT2D eigenvalue weighted by Gasteiger charge is -2.16. The van der Waals surface area contributed by atoms with Crippen molar-refractivity contribution in [3.05, 3.63) is 34.1 Å². The van der Waals surface area contributed by atoms with E-state index in [2.05, 4.69) is 28.2 Å². The van der Waals surface area contributed by atoms with Gasteiger partial charge in [-0.2, -0.15) is 0 Å². The summed E-state index contributed by atoms with van der Waals surface area (Å²) in [6, 6.07) is 5.31. The molecule has 1 N–H and O–H groups in total. The molecule has 0 spiro atoms. The Morgan fingerprint density at radius 2 is 2.24 bits per heavy atom. The van der Waals surface area contributed by atoms with Crippen LogP contribution in [-0.2, 0) is 11.2 Å². The number of halogens is 2. The van der Waals surface area contributed by atoms with Crippen molar-refractivity contribution in [1.82, 2.24) is 5.32 Å². The lowest BCUT2D eigenvalue weighted by Crippen LogP contribution is -2.33. The minimum atomic E-state index is -0.171. The maximum atomic E-state index is 13.6. The van der Waals surface area contributed by atoms with Crippen LogP contribution in [0.15, 0.2) is 22.7 Å². The molecule has 2 nitrogen and oxygen atoms in total. The Kier molecular flexibility index (Phi) is 6.70. The molecule has 1 rings (SSSR count). The number of hydrogen-bond donors (Lipinski definition) is 1. The fraction of sp³-hybridized carbons (Fsp3) is 0.538. The average Bonchev–Trinajstić information content (AvgIpc) is 2.31. The van der Waals surface area contributed by atoms with E-state index in [0.29, 0.717) is 18.6 Å². The Hall–Kier alpha value is -0.450. The molecule has 0 aliphatic carbocycles. The van der Waals surface area contributed by atoms with Crippen LogP contribution in [0.25, 0.3) is 0 Å². The molecule has 4 heteroatoms. The number of hydrogen-bond acceptors (Lipinski definition) is 2. The standard InChI is InChI=1S/C13H19BrFNO/c1-3-6-17-9-12(16-2)7-10-4-5-11(14)8-13(10)15/h4-5,8,12,16H,3,6-7,9H2,1-2H3. The Labute approximate surface area is 111 Å². The average molecular weight is 304 g/mol. The van der Waals surface area contributed by atoms with Crippen molar-refractivity contribution in [2.24, 2.45) is 0 Å². The number of ether oxygens (including phenoxy) is 1. The third-order valence-corrected chi connectivity index (χ3v) is 3.05. The first-order valence-electron chi connectivity index (χ1n) is 5.86. The van der Waals surface area contributed by atoms with E-state index >= 15 is 0 Å². The van der Waals surface area contributed by atoms with Gasteiger partial charge in [0.25, 0.3) is 0 Å². The third kappa shape index (κ3) is 5.15. The molecule has 0 saturated heterocycles. The molecule has 0 aliphatic heterocycles. The number of likely N-dealkylation sites (N-methyl/N-ethyl adjacent to an activating group) is 1. The van der Waals surface area contributed by atoms with Crippen molar-refractivity contribution in [3.63, 3.8) is 0 Å². The lowest BCUT2D eigenvalue weighted by molar-refractivity contribution is 0.113. The van der Waals surface area contributed by atoms with Crippen LogP contribution in [0, 0.1) is 5.82 Å². The van der Waals surface area contributed by atoms with E-state index in [4.69, 9.17) is 4.74 Å². The summed E-state index contributed by atoms with van der Waals surface area (Å²) in [5.74, 6) is -0.171. The monoisotopic (exact) mass is 303 g/mol. The fourth-order valence-electron chi connectivity index (χ4n) is 1.57. The lowest BCUT2D eigenvalue weighted by atomic mass is 10.1. The molecule has 0 aromatic heterocycles. The van der Waals surface area contributed by atoms with E-state index in [0.717, 1.165) is 17.5 Å². The van der Waals surface area contributed by atoms with Gasteiger partial charge in [-0.15, -0.1) is 0 Å². The van der Waals surface area contributed by atoms with Gasteiger partial charge in [-0.25, -0.2) is 4.39 Å². The molecule has 0 aliphatic rings. The summed E-state index contributed by atoms with van der Waals surface area (Å²) in [6.07, 6.45) is 1.64. The van der Waals surface area contributed by atoms with Crippen molar-refractivity contribution in [1.29, 1.82) is 0 Å². The summed E-state index contributed by atoms with van der Waals surface area (Å²) < 4.78 is 19.9. The maximum absolute atomic E-state index is 13.6. The van der Waals surface area contributed by atoms with E-state index in [1.54, 1.807) is 0 Å². The van der Waals surface area contributed by atoms with Crippen molar-refractivity contribution in [2.45, 2.75) is 25.8 Å². The second-order valence-electron chi connectivity index (χ2n) is 4.00. The predicted octanol–water partition coefficient (Wildman–Crippen LogP) is 3.15. The second kappa shape index (κ2) is 7.80. The van der Waals surface area contributed by atoms with Gasteiger partial charge in [0.05, 0.1) is 6.61 Å². The summed E-state index contributed by atoms with van der Waals surface area (Å²) in [4.78, 5) is 0. The predicted molar refractivity (Wildman–Crippen MR) is 71.8 cm³/mol. The molecule has 96 valence electrons. The molecule has 1 aromatic rings. The van der Waals surface area contributed by atoms with Crippen molar-refractivity contribution in [2.75, 3.05) is 20.3 Å². The van der Waals surface area contributed by atoms with Crippen LogP contribution in [-0.4, -0.2) is 26.3 Å². The third-order valence-electron chi connectivity index (χ3n) is 2.56. The fourth-order valence-corrected chi connectivity index (χ4v) is 1.90. The summed E-state index contributed by atoms with van der Waals surface area (Å²) >= 11 is 3.25. The zero-order valence-electron chi connectivity index (χ0n) is 10.3. The second-order valence-corrected chi connectivity index (χ2v) is 4.92. The van der Waals surface area contributed by atoms with Crippen molar-refractivity contribution >= 4 is 15.9 Å². The molecular formula is C13H19BrFNO. The molecule has 0 bridgehead atoms. The molecule has 1 unspecified atom stereocenters. The van der Waals surface area contributed by atoms with E-state index in [1.165, 1.54) is 6.07 Å². The molecule has 0 fully saturated rings. The first kappa shape index (κ1) is 14.6. The van der Waals surface area contributed by atoms with Gasteiger partial charge in [-0.3, -0.25) is 0 Å². The Morgan fingerprint density at radius 3 is 2.82 bits per heavy atom. The highest BCUT2D eigenvalue weighted by molar-refractivity contribution is 9.10. The zero-order chi connectivity index (χ0) is 12.7. The molecule has 17 heavy (non-hydrogen) atoms. The smallest absolute Gasteiger partial charge is 0.127 e. The highest BCUT2D eigenvalue weighted by Crippen LogP contribution is 2.16. The summed E-state index contributed by atoms with van der Waals surface area (Å²) in [5, 5.41) is 3.15. The number of nitrogens with one attached hydrogen (secondary N) is 1. The van der Waals surface area contributed by atoms with Crippen LogP contribution < -0.4 is 5.32 Å². The number of benzene rings is 1. The van der Waals surface area contributed by atoms with Gasteiger partial charge in [0, 0.05) is 17.1 Å². The van der Waals surface area contributed by atoms with Crippen LogP contribution >= 0.6 is 15.9 Å². The minimum absolute atomic E-state index is 0.150. The molecule has 1 aromatic carbocycles. The summed E-state index contributed by atoms with van der Waals surface area (Å²) in [5.41, 5.74) is 0.715.